The fourth-order valence-corrected chi connectivity index (χ4v) is 3.23. The second kappa shape index (κ2) is 7.31. The van der Waals surface area contributed by atoms with Gasteiger partial charge in [-0.05, 0) is 30.7 Å². The number of hydrogen-bond donors (Lipinski definition) is 1. The number of anilines is 1. The first-order valence-corrected chi connectivity index (χ1v) is 7.98. The van der Waals surface area contributed by atoms with E-state index in [4.69, 9.17) is 22.1 Å². The van der Waals surface area contributed by atoms with Crippen LogP contribution in [0.2, 0.25) is 5.02 Å². The molecule has 0 bridgehead atoms. The molecule has 1 unspecified atom stereocenters. The number of halogens is 1. The van der Waals surface area contributed by atoms with Crippen molar-refractivity contribution in [3.8, 4) is 5.75 Å². The standard InChI is InChI=1S/C15H16ClNO2S/c16-12-6-1-4-9-15(12)20(18)11-5-10-19-14-8-3-2-7-13(14)17/h1-4,6-9H,5,10-11,17H2. The van der Waals surface area contributed by atoms with Crippen molar-refractivity contribution in [3.05, 3.63) is 53.6 Å². The molecular weight excluding hydrogens is 294 g/mol. The van der Waals surface area contributed by atoms with Gasteiger partial charge in [0.2, 0.25) is 0 Å². The predicted octanol–water partition coefficient (Wildman–Crippen LogP) is 3.50. The fourth-order valence-electron chi connectivity index (χ4n) is 1.72. The number of para-hydroxylation sites is 2. The van der Waals surface area contributed by atoms with Crippen LogP contribution < -0.4 is 10.5 Å². The minimum Gasteiger partial charge on any atom is -0.491 e. The van der Waals surface area contributed by atoms with Gasteiger partial charge in [0, 0.05) is 5.75 Å². The van der Waals surface area contributed by atoms with Crippen LogP contribution in [0.25, 0.3) is 0 Å². The molecule has 2 aromatic rings. The maximum absolute atomic E-state index is 12.1. The van der Waals surface area contributed by atoms with Gasteiger partial charge in [-0.3, -0.25) is 4.21 Å². The minimum absolute atomic E-state index is 0.477. The quantitative estimate of drug-likeness (QED) is 0.656. The third kappa shape index (κ3) is 3.99. The molecule has 5 heteroatoms. The average Bonchev–Trinajstić information content (AvgIpc) is 2.45. The van der Waals surface area contributed by atoms with E-state index in [0.29, 0.717) is 40.1 Å². The molecule has 20 heavy (non-hydrogen) atoms. The van der Waals surface area contributed by atoms with Crippen molar-refractivity contribution in [2.24, 2.45) is 0 Å². The zero-order chi connectivity index (χ0) is 14.4. The van der Waals surface area contributed by atoms with Crippen molar-refractivity contribution < 1.29 is 8.95 Å². The van der Waals surface area contributed by atoms with E-state index in [1.807, 2.05) is 30.3 Å². The summed E-state index contributed by atoms with van der Waals surface area (Å²) >= 11 is 6.01. The fraction of sp³-hybridized carbons (Fsp3) is 0.200. The molecule has 0 aliphatic heterocycles. The van der Waals surface area contributed by atoms with Gasteiger partial charge in [-0.2, -0.15) is 0 Å². The molecule has 2 aromatic carbocycles. The normalized spacial score (nSPS) is 12.1. The summed E-state index contributed by atoms with van der Waals surface area (Å²) in [7, 11) is -1.10. The number of benzene rings is 2. The number of ether oxygens (including phenoxy) is 1. The molecule has 0 amide bonds. The highest BCUT2D eigenvalue weighted by Gasteiger charge is 2.07. The van der Waals surface area contributed by atoms with Gasteiger partial charge < -0.3 is 10.5 Å². The Morgan fingerprint density at radius 3 is 2.55 bits per heavy atom. The second-order valence-electron chi connectivity index (χ2n) is 4.22. The minimum atomic E-state index is -1.10. The topological polar surface area (TPSA) is 52.3 Å². The van der Waals surface area contributed by atoms with Crippen LogP contribution in [0, 0.1) is 0 Å². The molecule has 0 aliphatic carbocycles. The third-order valence-corrected chi connectivity index (χ3v) is 4.68. The van der Waals surface area contributed by atoms with Crippen molar-refractivity contribution in [1.82, 2.24) is 0 Å². The van der Waals surface area contributed by atoms with Gasteiger partial charge in [0.05, 0.1) is 33.0 Å². The van der Waals surface area contributed by atoms with Crippen LogP contribution in [-0.4, -0.2) is 16.6 Å². The Balaban J connectivity index is 1.81. The average molecular weight is 310 g/mol. The highest BCUT2D eigenvalue weighted by molar-refractivity contribution is 7.85. The monoisotopic (exact) mass is 309 g/mol. The maximum atomic E-state index is 12.1. The molecule has 0 heterocycles. The number of nitrogen functional groups attached to an aromatic ring is 1. The first-order valence-electron chi connectivity index (χ1n) is 6.28. The lowest BCUT2D eigenvalue weighted by atomic mass is 10.3. The highest BCUT2D eigenvalue weighted by atomic mass is 35.5. The Morgan fingerprint density at radius 1 is 1.10 bits per heavy atom. The molecule has 2 rings (SSSR count). The molecule has 2 N–H and O–H groups in total. The van der Waals surface area contributed by atoms with Gasteiger partial charge in [0.15, 0.2) is 0 Å². The summed E-state index contributed by atoms with van der Waals surface area (Å²) in [5.41, 5.74) is 6.38. The van der Waals surface area contributed by atoms with E-state index >= 15 is 0 Å². The second-order valence-corrected chi connectivity index (χ2v) is 6.17. The van der Waals surface area contributed by atoms with Crippen LogP contribution in [0.15, 0.2) is 53.4 Å². The highest BCUT2D eigenvalue weighted by Crippen LogP contribution is 2.21. The molecule has 0 radical (unpaired) electrons. The first-order chi connectivity index (χ1) is 9.68. The molecule has 106 valence electrons. The van der Waals surface area contributed by atoms with Crippen molar-refractivity contribution >= 4 is 28.1 Å². The molecule has 0 aromatic heterocycles. The van der Waals surface area contributed by atoms with E-state index in [-0.39, 0.29) is 0 Å². The molecule has 0 spiro atoms. The van der Waals surface area contributed by atoms with Gasteiger partial charge in [0.25, 0.3) is 0 Å². The number of nitrogens with two attached hydrogens (primary N) is 1. The summed E-state index contributed by atoms with van der Waals surface area (Å²) in [6.45, 7) is 0.477. The van der Waals surface area contributed by atoms with Crippen LogP contribution in [0.4, 0.5) is 5.69 Å². The van der Waals surface area contributed by atoms with Gasteiger partial charge in [-0.1, -0.05) is 35.9 Å². The van der Waals surface area contributed by atoms with E-state index in [0.717, 1.165) is 0 Å². The van der Waals surface area contributed by atoms with Crippen molar-refractivity contribution in [1.29, 1.82) is 0 Å². The summed E-state index contributed by atoms with van der Waals surface area (Å²) in [6, 6.07) is 14.5. The van der Waals surface area contributed by atoms with Gasteiger partial charge in [-0.25, -0.2) is 0 Å². The Bertz CT molecular complexity index is 604. The lowest BCUT2D eigenvalue weighted by Gasteiger charge is -2.08. The zero-order valence-corrected chi connectivity index (χ0v) is 12.5. The lowest BCUT2D eigenvalue weighted by molar-refractivity contribution is 0.320. The third-order valence-electron chi connectivity index (χ3n) is 2.73. The first kappa shape index (κ1) is 14.9. The molecule has 1 atom stereocenters. The van der Waals surface area contributed by atoms with Crippen LogP contribution in [-0.2, 0) is 10.8 Å². The van der Waals surface area contributed by atoms with Crippen LogP contribution in [0.1, 0.15) is 6.42 Å². The van der Waals surface area contributed by atoms with Gasteiger partial charge in [-0.15, -0.1) is 0 Å². The number of rotatable bonds is 6. The lowest BCUT2D eigenvalue weighted by Crippen LogP contribution is -2.06. The Kier molecular flexibility index (Phi) is 5.44. The summed E-state index contributed by atoms with van der Waals surface area (Å²) in [5.74, 6) is 1.17. The molecule has 0 aliphatic rings. The summed E-state index contributed by atoms with van der Waals surface area (Å²) in [5, 5.41) is 0.541. The molecule has 0 fully saturated rings. The Hall–Kier alpha value is -1.52. The van der Waals surface area contributed by atoms with Gasteiger partial charge in [0.1, 0.15) is 5.75 Å². The molecular formula is C15H16ClNO2S. The van der Waals surface area contributed by atoms with E-state index < -0.39 is 10.8 Å². The molecule has 0 saturated heterocycles. The summed E-state index contributed by atoms with van der Waals surface area (Å²) < 4.78 is 17.7. The zero-order valence-electron chi connectivity index (χ0n) is 10.9. The van der Waals surface area contributed by atoms with Crippen molar-refractivity contribution in [3.63, 3.8) is 0 Å². The van der Waals surface area contributed by atoms with E-state index in [1.54, 1.807) is 18.2 Å². The van der Waals surface area contributed by atoms with Crippen molar-refractivity contribution in [2.45, 2.75) is 11.3 Å². The molecule has 0 saturated carbocycles. The maximum Gasteiger partial charge on any atom is 0.142 e. The Morgan fingerprint density at radius 2 is 1.80 bits per heavy atom. The van der Waals surface area contributed by atoms with Crippen LogP contribution >= 0.6 is 11.6 Å². The van der Waals surface area contributed by atoms with E-state index in [2.05, 4.69) is 0 Å². The van der Waals surface area contributed by atoms with Gasteiger partial charge >= 0.3 is 0 Å². The smallest absolute Gasteiger partial charge is 0.142 e. The van der Waals surface area contributed by atoms with Crippen LogP contribution in [0.3, 0.4) is 0 Å². The largest absolute Gasteiger partial charge is 0.491 e. The van der Waals surface area contributed by atoms with E-state index in [9.17, 15) is 4.21 Å². The Labute approximate surface area is 126 Å². The van der Waals surface area contributed by atoms with Crippen molar-refractivity contribution in [2.75, 3.05) is 18.1 Å². The van der Waals surface area contributed by atoms with E-state index in [1.165, 1.54) is 0 Å². The molecule has 3 nitrogen and oxygen atoms in total. The summed E-state index contributed by atoms with van der Waals surface area (Å²) in [4.78, 5) is 0.674. The summed E-state index contributed by atoms with van der Waals surface area (Å²) in [6.07, 6.45) is 0.673. The van der Waals surface area contributed by atoms with Crippen LogP contribution in [0.5, 0.6) is 5.75 Å². The SMILES string of the molecule is Nc1ccccc1OCCCS(=O)c1ccccc1Cl. The number of hydrogen-bond acceptors (Lipinski definition) is 3. The predicted molar refractivity (Wildman–Crippen MR) is 83.7 cm³/mol.